The molecule has 3 rings (SSSR count). The first-order chi connectivity index (χ1) is 12.2. The van der Waals surface area contributed by atoms with Gasteiger partial charge in [-0.3, -0.25) is 4.79 Å². The molecule has 1 unspecified atom stereocenters. The van der Waals surface area contributed by atoms with E-state index < -0.39 is 27.6 Å². The maximum absolute atomic E-state index is 13.3. The summed E-state index contributed by atoms with van der Waals surface area (Å²) in [6.45, 7) is 1.93. The van der Waals surface area contributed by atoms with Crippen molar-refractivity contribution in [1.82, 2.24) is 9.29 Å². The highest BCUT2D eigenvalue weighted by atomic mass is 32.2. The van der Waals surface area contributed by atoms with E-state index in [2.05, 4.69) is 10.0 Å². The summed E-state index contributed by atoms with van der Waals surface area (Å²) in [4.78, 5) is 12.4. The lowest BCUT2D eigenvalue weighted by molar-refractivity contribution is 0.101. The van der Waals surface area contributed by atoms with E-state index in [-0.39, 0.29) is 34.7 Å². The lowest BCUT2D eigenvalue weighted by atomic mass is 10.2. The van der Waals surface area contributed by atoms with E-state index >= 15 is 0 Å². The van der Waals surface area contributed by atoms with Crippen molar-refractivity contribution in [2.24, 2.45) is 7.05 Å². The molecule has 0 aliphatic carbocycles. The van der Waals surface area contributed by atoms with Gasteiger partial charge in [-0.1, -0.05) is 0 Å². The number of hydrogen-bond acceptors (Lipinski definition) is 4. The van der Waals surface area contributed by atoms with Gasteiger partial charge in [0, 0.05) is 31.0 Å². The third-order valence-electron chi connectivity index (χ3n) is 3.94. The molecule has 1 aromatic carbocycles. The molecule has 0 saturated carbocycles. The zero-order chi connectivity index (χ0) is 19.1. The fourth-order valence-corrected chi connectivity index (χ4v) is 4.13. The Morgan fingerprint density at radius 1 is 1.35 bits per heavy atom. The van der Waals surface area contributed by atoms with Crippen LogP contribution in [0, 0.1) is 11.6 Å². The molecule has 0 radical (unpaired) electrons. The maximum Gasteiger partial charge on any atom is 0.276 e. The molecule has 0 saturated heterocycles. The largest absolute Gasteiger partial charge is 0.490 e. The first-order valence-electron chi connectivity index (χ1n) is 7.80. The number of carbonyl (C=O) groups excluding carboxylic acids is 1. The van der Waals surface area contributed by atoms with Crippen LogP contribution in [0.4, 0.5) is 14.5 Å². The monoisotopic (exact) mass is 385 g/mol. The van der Waals surface area contributed by atoms with Gasteiger partial charge in [0.15, 0.2) is 23.1 Å². The molecule has 1 aromatic heterocycles. The van der Waals surface area contributed by atoms with Crippen LogP contribution in [0.1, 0.15) is 23.8 Å². The van der Waals surface area contributed by atoms with E-state index in [0.29, 0.717) is 6.42 Å². The van der Waals surface area contributed by atoms with Crippen LogP contribution in [0.3, 0.4) is 0 Å². The van der Waals surface area contributed by atoms with Crippen molar-refractivity contribution in [3.8, 4) is 5.75 Å². The molecule has 26 heavy (non-hydrogen) atoms. The number of nitrogens with one attached hydrogen (secondary N) is 2. The van der Waals surface area contributed by atoms with Crippen molar-refractivity contribution in [3.05, 3.63) is 41.7 Å². The second-order valence-electron chi connectivity index (χ2n) is 6.02. The van der Waals surface area contributed by atoms with Crippen molar-refractivity contribution in [3.63, 3.8) is 0 Å². The highest BCUT2D eigenvalue weighted by Gasteiger charge is 2.32. The molecule has 0 bridgehead atoms. The van der Waals surface area contributed by atoms with Crippen molar-refractivity contribution in [2.75, 3.05) is 11.9 Å². The van der Waals surface area contributed by atoms with Crippen molar-refractivity contribution >= 4 is 21.6 Å². The minimum atomic E-state index is -3.86. The normalized spacial score (nSPS) is 19.0. The standard InChI is InChI=1S/C16H17F2N3O4S/c1-9-5-6-25-15-13(26(23,24)20-9)8-21(2)14(15)16(22)19-10-3-4-11(17)12(18)7-10/h3-4,7-9,20H,5-6H2,1-2H3,(H,19,22). The van der Waals surface area contributed by atoms with Gasteiger partial charge < -0.3 is 14.6 Å². The van der Waals surface area contributed by atoms with Gasteiger partial charge in [-0.2, -0.15) is 0 Å². The Kier molecular flexibility index (Phi) is 4.72. The summed E-state index contributed by atoms with van der Waals surface area (Å²) in [5.41, 5.74) is -0.00559. The Labute approximate surface area is 149 Å². The summed E-state index contributed by atoms with van der Waals surface area (Å²) < 4.78 is 60.6. The molecule has 0 spiro atoms. The lowest BCUT2D eigenvalue weighted by Gasteiger charge is -2.19. The maximum atomic E-state index is 13.3. The summed E-state index contributed by atoms with van der Waals surface area (Å²) in [5, 5.41) is 2.41. The van der Waals surface area contributed by atoms with E-state index in [0.717, 1.165) is 12.1 Å². The quantitative estimate of drug-likeness (QED) is 0.828. The van der Waals surface area contributed by atoms with Crippen LogP contribution in [0.15, 0.2) is 29.3 Å². The Hall–Kier alpha value is -2.46. The molecule has 140 valence electrons. The summed E-state index contributed by atoms with van der Waals surface area (Å²) in [6, 6.07) is 2.60. The molecule has 7 nitrogen and oxygen atoms in total. The Bertz CT molecular complexity index is 972. The number of aromatic nitrogens is 1. The molecule has 0 fully saturated rings. The number of carbonyl (C=O) groups is 1. The Morgan fingerprint density at radius 3 is 2.77 bits per heavy atom. The predicted molar refractivity (Wildman–Crippen MR) is 89.6 cm³/mol. The molecule has 2 N–H and O–H groups in total. The zero-order valence-electron chi connectivity index (χ0n) is 14.0. The van der Waals surface area contributed by atoms with Crippen LogP contribution in [0.25, 0.3) is 0 Å². The van der Waals surface area contributed by atoms with E-state index in [9.17, 15) is 22.0 Å². The van der Waals surface area contributed by atoms with E-state index in [1.165, 1.54) is 23.9 Å². The number of fused-ring (bicyclic) bond motifs is 1. The number of hydrogen-bond donors (Lipinski definition) is 2. The number of amides is 1. The van der Waals surface area contributed by atoms with Crippen LogP contribution in [-0.2, 0) is 17.1 Å². The van der Waals surface area contributed by atoms with Crippen molar-refractivity contribution < 1.29 is 26.7 Å². The number of sulfonamides is 1. The molecular formula is C16H17F2N3O4S. The second kappa shape index (κ2) is 6.69. The third-order valence-corrected chi connectivity index (χ3v) is 5.52. The number of benzene rings is 1. The van der Waals surface area contributed by atoms with E-state index in [1.54, 1.807) is 6.92 Å². The second-order valence-corrected chi connectivity index (χ2v) is 7.71. The molecule has 2 aromatic rings. The van der Waals surface area contributed by atoms with Crippen LogP contribution < -0.4 is 14.8 Å². The fraction of sp³-hybridized carbons (Fsp3) is 0.312. The number of nitrogens with zero attached hydrogens (tertiary/aromatic N) is 1. The first-order valence-corrected chi connectivity index (χ1v) is 9.28. The van der Waals surface area contributed by atoms with E-state index in [4.69, 9.17) is 4.74 Å². The Balaban J connectivity index is 1.99. The number of aryl methyl sites for hydroxylation is 1. The molecule has 1 amide bonds. The smallest absolute Gasteiger partial charge is 0.276 e. The number of rotatable bonds is 2. The molecule has 1 aliphatic heterocycles. The average Bonchev–Trinajstić information content (AvgIpc) is 2.87. The van der Waals surface area contributed by atoms with Gasteiger partial charge >= 0.3 is 0 Å². The molecular weight excluding hydrogens is 368 g/mol. The average molecular weight is 385 g/mol. The van der Waals surface area contributed by atoms with Gasteiger partial charge in [0.1, 0.15) is 4.90 Å². The molecule has 2 heterocycles. The summed E-state index contributed by atoms with van der Waals surface area (Å²) in [6.07, 6.45) is 1.70. The summed E-state index contributed by atoms with van der Waals surface area (Å²) in [7, 11) is -2.36. The lowest BCUT2D eigenvalue weighted by Crippen LogP contribution is -2.35. The molecule has 1 aliphatic rings. The Morgan fingerprint density at radius 2 is 2.08 bits per heavy atom. The topological polar surface area (TPSA) is 89.4 Å². The van der Waals surface area contributed by atoms with Crippen LogP contribution in [0.5, 0.6) is 5.75 Å². The number of anilines is 1. The molecule has 10 heteroatoms. The minimum absolute atomic E-state index is 0.0318. The summed E-state index contributed by atoms with van der Waals surface area (Å²) >= 11 is 0. The van der Waals surface area contributed by atoms with Crippen LogP contribution >= 0.6 is 0 Å². The third kappa shape index (κ3) is 3.42. The minimum Gasteiger partial charge on any atom is -0.490 e. The fourth-order valence-electron chi connectivity index (χ4n) is 2.66. The number of ether oxygens (including phenoxy) is 1. The molecule has 1 atom stereocenters. The van der Waals surface area contributed by atoms with Gasteiger partial charge in [0.25, 0.3) is 5.91 Å². The van der Waals surface area contributed by atoms with Gasteiger partial charge in [-0.15, -0.1) is 0 Å². The van der Waals surface area contributed by atoms with Crippen molar-refractivity contribution in [2.45, 2.75) is 24.3 Å². The van der Waals surface area contributed by atoms with Gasteiger partial charge in [0.2, 0.25) is 10.0 Å². The van der Waals surface area contributed by atoms with Gasteiger partial charge in [-0.05, 0) is 25.5 Å². The highest BCUT2D eigenvalue weighted by molar-refractivity contribution is 7.89. The first kappa shape index (κ1) is 18.3. The highest BCUT2D eigenvalue weighted by Crippen LogP contribution is 2.32. The van der Waals surface area contributed by atoms with E-state index in [1.807, 2.05) is 0 Å². The SMILES string of the molecule is CC1CCOc2c(cn(C)c2C(=O)Nc2ccc(F)c(F)c2)S(=O)(=O)N1. The van der Waals surface area contributed by atoms with Crippen LogP contribution in [0.2, 0.25) is 0 Å². The summed E-state index contributed by atoms with van der Waals surface area (Å²) in [5.74, 6) is -2.93. The zero-order valence-corrected chi connectivity index (χ0v) is 14.9. The number of halogens is 2. The van der Waals surface area contributed by atoms with Crippen molar-refractivity contribution in [1.29, 1.82) is 0 Å². The van der Waals surface area contributed by atoms with Crippen LogP contribution in [-0.4, -0.2) is 31.5 Å². The van der Waals surface area contributed by atoms with Gasteiger partial charge in [0.05, 0.1) is 6.61 Å². The predicted octanol–water partition coefficient (Wildman–Crippen LogP) is 2.00. The van der Waals surface area contributed by atoms with Gasteiger partial charge in [-0.25, -0.2) is 21.9 Å².